The maximum absolute atomic E-state index is 12.3. The van der Waals surface area contributed by atoms with E-state index in [-0.39, 0.29) is 17.7 Å². The molecule has 0 radical (unpaired) electrons. The summed E-state index contributed by atoms with van der Waals surface area (Å²) in [5.41, 5.74) is 0.677. The Balaban J connectivity index is 2.00. The van der Waals surface area contributed by atoms with Crippen LogP contribution in [0.25, 0.3) is 0 Å². The molecule has 132 valence electrons. The number of benzene rings is 1. The van der Waals surface area contributed by atoms with Crippen LogP contribution in [0.15, 0.2) is 24.3 Å². The number of carboxylic acids is 1. The molecule has 8 heteroatoms. The van der Waals surface area contributed by atoms with Gasteiger partial charge in [0.15, 0.2) is 0 Å². The van der Waals surface area contributed by atoms with E-state index >= 15 is 0 Å². The van der Waals surface area contributed by atoms with Gasteiger partial charge in [-0.3, -0.25) is 14.3 Å². The lowest BCUT2D eigenvalue weighted by Gasteiger charge is -2.13. The molecule has 1 aliphatic rings. The minimum absolute atomic E-state index is 0.0159. The summed E-state index contributed by atoms with van der Waals surface area (Å²) in [5.74, 6) is -1.56. The largest absolute Gasteiger partial charge is 0.481 e. The number of carbonyl (C=O) groups is 2. The fourth-order valence-corrected chi connectivity index (χ4v) is 3.95. The number of carboxylic acid groups (broad SMARTS) is 1. The van der Waals surface area contributed by atoms with Gasteiger partial charge in [-0.1, -0.05) is 13.0 Å². The zero-order chi connectivity index (χ0) is 17.7. The van der Waals surface area contributed by atoms with Gasteiger partial charge in [-0.15, -0.1) is 0 Å². The first-order chi connectivity index (χ1) is 11.3. The molecule has 1 aromatic carbocycles. The Labute approximate surface area is 141 Å². The average molecular weight is 354 g/mol. The highest BCUT2D eigenvalue weighted by atomic mass is 32.2. The van der Waals surface area contributed by atoms with Crippen LogP contribution in [0.3, 0.4) is 0 Å². The van der Waals surface area contributed by atoms with Gasteiger partial charge in [0.1, 0.15) is 0 Å². The van der Waals surface area contributed by atoms with Gasteiger partial charge in [0, 0.05) is 17.3 Å². The molecule has 2 atom stereocenters. The molecule has 0 aliphatic heterocycles. The van der Waals surface area contributed by atoms with Gasteiger partial charge in [-0.05, 0) is 43.9 Å². The number of hydrogen-bond donors (Lipinski definition) is 3. The average Bonchev–Trinajstić information content (AvgIpc) is 2.95. The zero-order valence-electron chi connectivity index (χ0n) is 13.5. The number of sulfonamides is 1. The number of carbonyl (C=O) groups excluding carboxylic acids is 1. The van der Waals surface area contributed by atoms with Crippen molar-refractivity contribution in [3.05, 3.63) is 29.8 Å². The standard InChI is InChI=1S/C16H22N2O5S/c1-2-8-24(22,23)18-14-5-3-4-11(9-14)15(19)17-13-7-6-12(10-13)16(20)21/h3-5,9,12-13,18H,2,6-8,10H2,1H3,(H,17,19)(H,20,21)/t12-,13+/m1/s1. The molecular formula is C16H22N2O5S. The van der Waals surface area contributed by atoms with Gasteiger partial charge in [0.2, 0.25) is 10.0 Å². The van der Waals surface area contributed by atoms with E-state index < -0.39 is 21.9 Å². The van der Waals surface area contributed by atoms with Gasteiger partial charge in [0.05, 0.1) is 11.7 Å². The lowest BCUT2D eigenvalue weighted by molar-refractivity contribution is -0.141. The van der Waals surface area contributed by atoms with E-state index in [0.717, 1.165) is 0 Å². The van der Waals surface area contributed by atoms with Crippen LogP contribution in [0, 0.1) is 5.92 Å². The quantitative estimate of drug-likeness (QED) is 0.691. The Morgan fingerprint density at radius 3 is 2.67 bits per heavy atom. The fourth-order valence-electron chi connectivity index (χ4n) is 2.83. The second-order valence-electron chi connectivity index (χ2n) is 6.02. The van der Waals surface area contributed by atoms with E-state index in [1.165, 1.54) is 6.07 Å². The Bertz CT molecular complexity index is 717. The predicted molar refractivity (Wildman–Crippen MR) is 90.4 cm³/mol. The first-order valence-corrected chi connectivity index (χ1v) is 9.60. The van der Waals surface area contributed by atoms with E-state index in [9.17, 15) is 18.0 Å². The van der Waals surface area contributed by atoms with E-state index in [1.807, 2.05) is 0 Å². The van der Waals surface area contributed by atoms with Crippen molar-refractivity contribution in [1.29, 1.82) is 0 Å². The van der Waals surface area contributed by atoms with Crippen LogP contribution >= 0.6 is 0 Å². The minimum Gasteiger partial charge on any atom is -0.481 e. The maximum atomic E-state index is 12.3. The van der Waals surface area contributed by atoms with Crippen LogP contribution in [0.2, 0.25) is 0 Å². The number of rotatable bonds is 7. The van der Waals surface area contributed by atoms with Gasteiger partial charge in [-0.25, -0.2) is 8.42 Å². The summed E-state index contributed by atoms with van der Waals surface area (Å²) >= 11 is 0. The fraction of sp³-hybridized carbons (Fsp3) is 0.500. The normalized spacial score (nSPS) is 20.5. The van der Waals surface area contributed by atoms with Gasteiger partial charge in [-0.2, -0.15) is 0 Å². The number of aliphatic carboxylic acids is 1. The minimum atomic E-state index is -3.41. The molecule has 1 aromatic rings. The molecule has 0 saturated heterocycles. The van der Waals surface area contributed by atoms with Crippen molar-refractivity contribution >= 4 is 27.6 Å². The highest BCUT2D eigenvalue weighted by Gasteiger charge is 2.30. The molecular weight excluding hydrogens is 332 g/mol. The van der Waals surface area contributed by atoms with Crippen LogP contribution in [0.4, 0.5) is 5.69 Å². The smallest absolute Gasteiger partial charge is 0.306 e. The summed E-state index contributed by atoms with van der Waals surface area (Å²) in [6.07, 6.45) is 2.11. The van der Waals surface area contributed by atoms with Crippen LogP contribution in [-0.4, -0.2) is 37.2 Å². The van der Waals surface area contributed by atoms with E-state index in [2.05, 4.69) is 10.0 Å². The molecule has 0 spiro atoms. The Morgan fingerprint density at radius 1 is 1.29 bits per heavy atom. The molecule has 0 heterocycles. The van der Waals surface area contributed by atoms with Crippen molar-refractivity contribution in [2.24, 2.45) is 5.92 Å². The van der Waals surface area contributed by atoms with E-state index in [1.54, 1.807) is 25.1 Å². The Kier molecular flexibility index (Phi) is 5.82. The zero-order valence-corrected chi connectivity index (χ0v) is 14.3. The monoisotopic (exact) mass is 354 g/mol. The lowest BCUT2D eigenvalue weighted by atomic mass is 10.1. The van der Waals surface area contributed by atoms with Crippen molar-refractivity contribution < 1.29 is 23.1 Å². The van der Waals surface area contributed by atoms with Crippen LogP contribution in [0.5, 0.6) is 0 Å². The molecule has 7 nitrogen and oxygen atoms in total. The summed E-state index contributed by atoms with van der Waals surface area (Å²) in [6.45, 7) is 1.77. The van der Waals surface area contributed by atoms with Crippen molar-refractivity contribution in [2.75, 3.05) is 10.5 Å². The van der Waals surface area contributed by atoms with Crippen LogP contribution in [-0.2, 0) is 14.8 Å². The molecule has 0 aromatic heterocycles. The van der Waals surface area contributed by atoms with Crippen molar-refractivity contribution in [1.82, 2.24) is 5.32 Å². The SMILES string of the molecule is CCCS(=O)(=O)Nc1cccc(C(=O)N[C@H]2CC[C@@H](C(=O)O)C2)c1. The van der Waals surface area contributed by atoms with E-state index in [4.69, 9.17) is 5.11 Å². The Morgan fingerprint density at radius 2 is 2.04 bits per heavy atom. The highest BCUT2D eigenvalue weighted by Crippen LogP contribution is 2.26. The van der Waals surface area contributed by atoms with Crippen molar-refractivity contribution in [2.45, 2.75) is 38.6 Å². The molecule has 3 N–H and O–H groups in total. The van der Waals surface area contributed by atoms with Crippen LogP contribution < -0.4 is 10.0 Å². The van der Waals surface area contributed by atoms with Gasteiger partial charge < -0.3 is 10.4 Å². The predicted octanol–water partition coefficient (Wildman–Crippen LogP) is 1.82. The number of hydrogen-bond acceptors (Lipinski definition) is 4. The second kappa shape index (κ2) is 7.65. The van der Waals surface area contributed by atoms with Gasteiger partial charge >= 0.3 is 5.97 Å². The third-order valence-corrected chi connectivity index (χ3v) is 5.48. The topological polar surface area (TPSA) is 113 Å². The Hall–Kier alpha value is -2.09. The summed E-state index contributed by atoms with van der Waals surface area (Å²) in [5, 5.41) is 11.8. The summed E-state index contributed by atoms with van der Waals surface area (Å²) < 4.78 is 26.0. The van der Waals surface area contributed by atoms with E-state index in [0.29, 0.717) is 36.9 Å². The molecule has 2 rings (SSSR count). The summed E-state index contributed by atoms with van der Waals surface area (Å²) in [6, 6.07) is 6.09. The molecule has 24 heavy (non-hydrogen) atoms. The van der Waals surface area contributed by atoms with Crippen LogP contribution in [0.1, 0.15) is 43.0 Å². The maximum Gasteiger partial charge on any atom is 0.306 e. The van der Waals surface area contributed by atoms with Crippen molar-refractivity contribution in [3.63, 3.8) is 0 Å². The first-order valence-electron chi connectivity index (χ1n) is 7.95. The first kappa shape index (κ1) is 18.3. The molecule has 0 bridgehead atoms. The summed E-state index contributed by atoms with van der Waals surface area (Å²) in [7, 11) is -3.41. The number of amides is 1. The van der Waals surface area contributed by atoms with Crippen molar-refractivity contribution in [3.8, 4) is 0 Å². The molecule has 1 amide bonds. The van der Waals surface area contributed by atoms with Gasteiger partial charge in [0.25, 0.3) is 5.91 Å². The molecule has 0 unspecified atom stereocenters. The third kappa shape index (κ3) is 4.95. The molecule has 1 saturated carbocycles. The summed E-state index contributed by atoms with van der Waals surface area (Å²) in [4.78, 5) is 23.2. The lowest BCUT2D eigenvalue weighted by Crippen LogP contribution is -2.33. The molecule has 1 fully saturated rings. The highest BCUT2D eigenvalue weighted by molar-refractivity contribution is 7.92. The number of nitrogens with one attached hydrogen (secondary N) is 2. The number of anilines is 1. The molecule has 1 aliphatic carbocycles. The second-order valence-corrected chi connectivity index (χ2v) is 7.86. The third-order valence-electron chi connectivity index (χ3n) is 3.99.